The Morgan fingerprint density at radius 1 is 0.931 bits per heavy atom. The number of benzene rings is 2. The number of halogens is 1. The highest BCUT2D eigenvalue weighted by Crippen LogP contribution is 2.30. The minimum atomic E-state index is -3.63. The van der Waals surface area contributed by atoms with E-state index in [0.717, 1.165) is 11.1 Å². The second kappa shape index (κ2) is 8.28. The number of nitrogens with zero attached hydrogens (tertiary/aromatic N) is 2. The van der Waals surface area contributed by atoms with E-state index in [1.807, 2.05) is 41.8 Å². The van der Waals surface area contributed by atoms with Gasteiger partial charge in [0.15, 0.2) is 0 Å². The van der Waals surface area contributed by atoms with E-state index in [0.29, 0.717) is 23.0 Å². The van der Waals surface area contributed by atoms with Crippen molar-refractivity contribution in [2.75, 3.05) is 26.2 Å². The number of rotatable bonds is 4. The summed E-state index contributed by atoms with van der Waals surface area (Å²) in [5, 5.41) is 2.29. The van der Waals surface area contributed by atoms with Crippen molar-refractivity contribution in [2.45, 2.75) is 4.90 Å². The quantitative estimate of drug-likeness (QED) is 0.603. The fourth-order valence-electron chi connectivity index (χ4n) is 3.37. The number of thiophene rings is 1. The molecule has 150 valence electrons. The molecule has 5 nitrogen and oxygen atoms in total. The third-order valence-corrected chi connectivity index (χ3v) is 7.94. The smallest absolute Gasteiger partial charge is 0.264 e. The van der Waals surface area contributed by atoms with Gasteiger partial charge in [-0.2, -0.15) is 4.31 Å². The summed E-state index contributed by atoms with van der Waals surface area (Å²) in [5.41, 5.74) is 1.91. The Bertz CT molecular complexity index is 1120. The summed E-state index contributed by atoms with van der Waals surface area (Å²) in [6.45, 7) is 1.22. The van der Waals surface area contributed by atoms with Gasteiger partial charge in [-0.25, -0.2) is 8.42 Å². The molecule has 2 heterocycles. The van der Waals surface area contributed by atoms with Crippen LogP contribution in [0.3, 0.4) is 0 Å². The van der Waals surface area contributed by atoms with Crippen LogP contribution in [0.1, 0.15) is 9.67 Å². The summed E-state index contributed by atoms with van der Waals surface area (Å²) in [6.07, 6.45) is 0. The Morgan fingerprint density at radius 2 is 1.66 bits per heavy atom. The van der Waals surface area contributed by atoms with Crippen LogP contribution < -0.4 is 0 Å². The number of hydrogen-bond donors (Lipinski definition) is 0. The third kappa shape index (κ3) is 4.09. The fraction of sp³-hybridized carbons (Fsp3) is 0.190. The molecule has 0 radical (unpaired) electrons. The van der Waals surface area contributed by atoms with E-state index in [-0.39, 0.29) is 23.9 Å². The van der Waals surface area contributed by atoms with Gasteiger partial charge in [0, 0.05) is 36.8 Å². The van der Waals surface area contributed by atoms with Gasteiger partial charge in [-0.15, -0.1) is 11.3 Å². The normalized spacial score (nSPS) is 15.4. The Labute approximate surface area is 179 Å². The van der Waals surface area contributed by atoms with Gasteiger partial charge in [-0.1, -0.05) is 48.0 Å². The SMILES string of the molecule is O=C(c1sccc1-c1ccccc1)N1CCN(S(=O)(=O)c2cccc(Cl)c2)CC1. The molecule has 1 aromatic heterocycles. The van der Waals surface area contributed by atoms with E-state index in [9.17, 15) is 13.2 Å². The van der Waals surface area contributed by atoms with Crippen molar-refractivity contribution in [2.24, 2.45) is 0 Å². The van der Waals surface area contributed by atoms with E-state index >= 15 is 0 Å². The lowest BCUT2D eigenvalue weighted by Crippen LogP contribution is -2.50. The zero-order valence-corrected chi connectivity index (χ0v) is 17.9. The van der Waals surface area contributed by atoms with Gasteiger partial charge >= 0.3 is 0 Å². The first-order valence-electron chi connectivity index (χ1n) is 9.15. The van der Waals surface area contributed by atoms with Crippen LogP contribution in [0.25, 0.3) is 11.1 Å². The van der Waals surface area contributed by atoms with Gasteiger partial charge in [-0.3, -0.25) is 4.79 Å². The number of sulfonamides is 1. The molecule has 1 fully saturated rings. The highest BCUT2D eigenvalue weighted by atomic mass is 35.5. The van der Waals surface area contributed by atoms with E-state index in [1.165, 1.54) is 27.8 Å². The Kier molecular flexibility index (Phi) is 5.74. The molecule has 1 saturated heterocycles. The Balaban J connectivity index is 1.48. The topological polar surface area (TPSA) is 57.7 Å². The number of piperazine rings is 1. The van der Waals surface area contributed by atoms with Crippen molar-refractivity contribution in [3.8, 4) is 11.1 Å². The largest absolute Gasteiger partial charge is 0.335 e. The molecule has 0 aliphatic carbocycles. The molecule has 8 heteroatoms. The van der Waals surface area contributed by atoms with Crippen LogP contribution in [0.5, 0.6) is 0 Å². The van der Waals surface area contributed by atoms with Crippen molar-refractivity contribution in [3.63, 3.8) is 0 Å². The lowest BCUT2D eigenvalue weighted by Gasteiger charge is -2.34. The molecule has 1 amide bonds. The summed E-state index contributed by atoms with van der Waals surface area (Å²) in [7, 11) is -3.63. The maximum atomic E-state index is 13.1. The van der Waals surface area contributed by atoms with Gasteiger partial charge in [0.05, 0.1) is 9.77 Å². The maximum absolute atomic E-state index is 13.1. The van der Waals surface area contributed by atoms with E-state index in [1.54, 1.807) is 17.0 Å². The molecule has 0 spiro atoms. The molecular weight excluding hydrogens is 428 g/mol. The predicted octanol–water partition coefficient (Wildman–Crippen LogP) is 4.22. The zero-order valence-electron chi connectivity index (χ0n) is 15.5. The molecule has 2 aromatic carbocycles. The molecular formula is C21H19ClN2O3S2. The van der Waals surface area contributed by atoms with Crippen LogP contribution in [-0.2, 0) is 10.0 Å². The molecule has 0 unspecified atom stereocenters. The van der Waals surface area contributed by atoms with Crippen molar-refractivity contribution in [1.82, 2.24) is 9.21 Å². The predicted molar refractivity (Wildman–Crippen MR) is 116 cm³/mol. The average Bonchev–Trinajstić information content (AvgIpc) is 3.24. The number of amides is 1. The van der Waals surface area contributed by atoms with Crippen LogP contribution in [-0.4, -0.2) is 49.7 Å². The molecule has 0 bridgehead atoms. The van der Waals surface area contributed by atoms with Gasteiger partial charge in [0.1, 0.15) is 0 Å². The van der Waals surface area contributed by atoms with Gasteiger partial charge in [-0.05, 0) is 35.2 Å². The molecule has 0 saturated carbocycles. The Hall–Kier alpha value is -2.19. The summed E-state index contributed by atoms with van der Waals surface area (Å²) in [5.74, 6) is -0.0568. The van der Waals surface area contributed by atoms with Gasteiger partial charge in [0.2, 0.25) is 10.0 Å². The van der Waals surface area contributed by atoms with E-state index < -0.39 is 10.0 Å². The fourth-order valence-corrected chi connectivity index (χ4v) is 5.98. The summed E-state index contributed by atoms with van der Waals surface area (Å²) in [6, 6.07) is 18.0. The summed E-state index contributed by atoms with van der Waals surface area (Å²) >= 11 is 7.36. The second-order valence-corrected chi connectivity index (χ2v) is 9.97. The molecule has 1 aliphatic rings. The highest BCUT2D eigenvalue weighted by Gasteiger charge is 2.31. The number of carbonyl (C=O) groups is 1. The molecule has 0 N–H and O–H groups in total. The molecule has 29 heavy (non-hydrogen) atoms. The van der Waals surface area contributed by atoms with Crippen LogP contribution in [0.15, 0.2) is 70.9 Å². The van der Waals surface area contributed by atoms with E-state index in [2.05, 4.69) is 0 Å². The lowest BCUT2D eigenvalue weighted by atomic mass is 10.1. The molecule has 4 rings (SSSR count). The third-order valence-electron chi connectivity index (χ3n) is 4.90. The van der Waals surface area contributed by atoms with E-state index in [4.69, 9.17) is 11.6 Å². The summed E-state index contributed by atoms with van der Waals surface area (Å²) < 4.78 is 27.1. The van der Waals surface area contributed by atoms with Crippen molar-refractivity contribution in [1.29, 1.82) is 0 Å². The first-order chi connectivity index (χ1) is 14.0. The van der Waals surface area contributed by atoms with Crippen LogP contribution >= 0.6 is 22.9 Å². The minimum Gasteiger partial charge on any atom is -0.335 e. The van der Waals surface area contributed by atoms with Gasteiger partial charge in [0.25, 0.3) is 5.91 Å². The average molecular weight is 447 g/mol. The highest BCUT2D eigenvalue weighted by molar-refractivity contribution is 7.89. The standard InChI is InChI=1S/C21H19ClN2O3S2/c22-17-7-4-8-18(15-17)29(26,27)24-12-10-23(11-13-24)21(25)20-19(9-14-28-20)16-5-2-1-3-6-16/h1-9,14-15H,10-13H2. The second-order valence-electron chi connectivity index (χ2n) is 6.68. The van der Waals surface area contributed by atoms with Crippen molar-refractivity contribution < 1.29 is 13.2 Å². The number of hydrogen-bond acceptors (Lipinski definition) is 4. The van der Waals surface area contributed by atoms with Crippen LogP contribution in [0.2, 0.25) is 5.02 Å². The van der Waals surface area contributed by atoms with Gasteiger partial charge < -0.3 is 4.90 Å². The molecule has 3 aromatic rings. The lowest BCUT2D eigenvalue weighted by molar-refractivity contribution is 0.0703. The molecule has 1 aliphatic heterocycles. The zero-order chi connectivity index (χ0) is 20.4. The maximum Gasteiger partial charge on any atom is 0.264 e. The van der Waals surface area contributed by atoms with Crippen molar-refractivity contribution in [3.05, 3.63) is 75.9 Å². The molecule has 0 atom stereocenters. The first-order valence-corrected chi connectivity index (χ1v) is 11.8. The van der Waals surface area contributed by atoms with Crippen molar-refractivity contribution >= 4 is 38.9 Å². The number of carbonyl (C=O) groups excluding carboxylic acids is 1. The van der Waals surface area contributed by atoms with Crippen LogP contribution in [0, 0.1) is 0 Å². The summed E-state index contributed by atoms with van der Waals surface area (Å²) in [4.78, 5) is 15.7. The first kappa shape index (κ1) is 20.1. The monoisotopic (exact) mass is 446 g/mol. The Morgan fingerprint density at radius 3 is 2.34 bits per heavy atom. The minimum absolute atomic E-state index is 0.0568. The van der Waals surface area contributed by atoms with Crippen LogP contribution in [0.4, 0.5) is 0 Å².